The van der Waals surface area contributed by atoms with Crippen LogP contribution in [0.2, 0.25) is 0 Å². The number of phenols is 1. The lowest BCUT2D eigenvalue weighted by atomic mass is 9.84. The third-order valence-corrected chi connectivity index (χ3v) is 6.42. The SMILES string of the molecule is C.C=C1OCc2c(cc3n(c2=O)Cc2cc4c(CN(C)C)c(O)ccc4nc2-3)[C@@]1(O)CC. The summed E-state index contributed by atoms with van der Waals surface area (Å²) in [5, 5.41) is 22.5. The minimum Gasteiger partial charge on any atom is -0.508 e. The van der Waals surface area contributed by atoms with E-state index in [1.807, 2.05) is 38.1 Å². The van der Waals surface area contributed by atoms with Crippen LogP contribution in [0.4, 0.5) is 0 Å². The van der Waals surface area contributed by atoms with Gasteiger partial charge in [0.2, 0.25) is 0 Å². The van der Waals surface area contributed by atoms with Gasteiger partial charge in [-0.1, -0.05) is 20.9 Å². The molecule has 3 aromatic rings. The first kappa shape index (κ1) is 22.0. The second kappa shape index (κ2) is 7.46. The van der Waals surface area contributed by atoms with Crippen molar-refractivity contribution in [1.82, 2.24) is 14.5 Å². The molecule has 0 unspecified atom stereocenters. The number of hydrogen-bond acceptors (Lipinski definition) is 6. The number of nitrogens with zero attached hydrogens (tertiary/aromatic N) is 3. The predicted molar refractivity (Wildman–Crippen MR) is 124 cm³/mol. The summed E-state index contributed by atoms with van der Waals surface area (Å²) in [4.78, 5) is 20.2. The molecule has 1 aromatic carbocycles. The molecule has 1 atom stereocenters. The Hall–Kier alpha value is -3.16. The second-order valence-electron chi connectivity index (χ2n) is 8.60. The molecule has 0 fully saturated rings. The third-order valence-electron chi connectivity index (χ3n) is 6.42. The Kier molecular flexibility index (Phi) is 5.14. The summed E-state index contributed by atoms with van der Waals surface area (Å²) in [5.74, 6) is 0.495. The number of pyridine rings is 2. The van der Waals surface area contributed by atoms with Crippen LogP contribution in [-0.4, -0.2) is 38.8 Å². The summed E-state index contributed by atoms with van der Waals surface area (Å²) >= 11 is 0. The molecule has 2 aliphatic rings. The van der Waals surface area contributed by atoms with Crippen molar-refractivity contribution in [1.29, 1.82) is 0 Å². The molecule has 7 heteroatoms. The van der Waals surface area contributed by atoms with Gasteiger partial charge in [0.25, 0.3) is 5.56 Å². The molecule has 4 heterocycles. The lowest BCUT2D eigenvalue weighted by molar-refractivity contribution is -0.0172. The van der Waals surface area contributed by atoms with Crippen LogP contribution in [0.5, 0.6) is 5.75 Å². The molecule has 0 bridgehead atoms. The summed E-state index contributed by atoms with van der Waals surface area (Å²) in [6.07, 6.45) is 0.354. The highest BCUT2D eigenvalue weighted by atomic mass is 16.5. The maximum atomic E-state index is 13.3. The minimum absolute atomic E-state index is 0. The first-order chi connectivity index (χ1) is 14.7. The van der Waals surface area contributed by atoms with Gasteiger partial charge in [0, 0.05) is 28.6 Å². The summed E-state index contributed by atoms with van der Waals surface area (Å²) in [5.41, 5.74) is 3.33. The first-order valence-electron chi connectivity index (χ1n) is 10.4. The lowest BCUT2D eigenvalue weighted by Crippen LogP contribution is -2.38. The van der Waals surface area contributed by atoms with Crippen LogP contribution < -0.4 is 5.56 Å². The average Bonchev–Trinajstić information content (AvgIpc) is 3.10. The Balaban J connectivity index is 0.00000245. The van der Waals surface area contributed by atoms with Gasteiger partial charge in [-0.15, -0.1) is 0 Å². The Labute approximate surface area is 187 Å². The lowest BCUT2D eigenvalue weighted by Gasteiger charge is -2.35. The molecule has 32 heavy (non-hydrogen) atoms. The monoisotopic (exact) mass is 435 g/mol. The van der Waals surface area contributed by atoms with Crippen molar-refractivity contribution >= 4 is 10.9 Å². The van der Waals surface area contributed by atoms with Crippen LogP contribution in [0, 0.1) is 0 Å². The van der Waals surface area contributed by atoms with Crippen LogP contribution in [0.1, 0.15) is 43.0 Å². The van der Waals surface area contributed by atoms with E-state index < -0.39 is 5.60 Å². The first-order valence-corrected chi connectivity index (χ1v) is 10.4. The minimum atomic E-state index is -1.40. The second-order valence-corrected chi connectivity index (χ2v) is 8.60. The highest BCUT2D eigenvalue weighted by Crippen LogP contribution is 2.42. The standard InChI is InChI=1S/C24H25N3O4.CH4/c1-5-24(30)13(2)31-12-17-18(24)9-20-22-14(10-27(20)23(17)29)8-15-16(11-26(3)4)21(28)7-6-19(15)25-22;/h6-9,28,30H,2,5,10-12H2,1,3-4H3;1H4/t24-;/m1./s1. The number of ether oxygens (including phenoxy) is 1. The topological polar surface area (TPSA) is 87.8 Å². The molecule has 0 amide bonds. The highest BCUT2D eigenvalue weighted by Gasteiger charge is 2.41. The van der Waals surface area contributed by atoms with Crippen molar-refractivity contribution in [2.24, 2.45) is 0 Å². The normalized spacial score (nSPS) is 18.7. The Morgan fingerprint density at radius 3 is 2.75 bits per heavy atom. The molecule has 7 nitrogen and oxygen atoms in total. The van der Waals surface area contributed by atoms with Gasteiger partial charge in [-0.05, 0) is 44.8 Å². The number of hydrogen-bond donors (Lipinski definition) is 2. The van der Waals surface area contributed by atoms with Gasteiger partial charge in [-0.3, -0.25) is 4.79 Å². The van der Waals surface area contributed by atoms with Gasteiger partial charge in [0.15, 0.2) is 0 Å². The fraction of sp³-hybridized carbons (Fsp3) is 0.360. The highest BCUT2D eigenvalue weighted by molar-refractivity contribution is 5.88. The molecule has 5 rings (SSSR count). The summed E-state index contributed by atoms with van der Waals surface area (Å²) in [7, 11) is 3.90. The maximum Gasteiger partial charge on any atom is 0.258 e. The number of benzene rings is 1. The molecule has 0 saturated heterocycles. The fourth-order valence-electron chi connectivity index (χ4n) is 4.70. The number of aromatic nitrogens is 2. The molecular weight excluding hydrogens is 406 g/mol. The van der Waals surface area contributed by atoms with E-state index in [0.29, 0.717) is 36.3 Å². The van der Waals surface area contributed by atoms with Crippen molar-refractivity contribution in [2.75, 3.05) is 14.1 Å². The zero-order valence-electron chi connectivity index (χ0n) is 17.9. The van der Waals surface area contributed by atoms with Gasteiger partial charge in [-0.2, -0.15) is 0 Å². The van der Waals surface area contributed by atoms with Gasteiger partial charge in [0.05, 0.1) is 29.0 Å². The molecule has 0 saturated carbocycles. The number of aliphatic hydroxyl groups is 1. The van der Waals surface area contributed by atoms with Gasteiger partial charge >= 0.3 is 0 Å². The molecule has 168 valence electrons. The number of rotatable bonds is 3. The van der Waals surface area contributed by atoms with Crippen LogP contribution in [-0.2, 0) is 30.0 Å². The van der Waals surface area contributed by atoms with E-state index in [-0.39, 0.29) is 31.1 Å². The number of aromatic hydroxyl groups is 1. The maximum absolute atomic E-state index is 13.3. The summed E-state index contributed by atoms with van der Waals surface area (Å²) < 4.78 is 7.24. The van der Waals surface area contributed by atoms with E-state index in [0.717, 1.165) is 27.7 Å². The van der Waals surface area contributed by atoms with Crippen molar-refractivity contribution in [3.63, 3.8) is 0 Å². The largest absolute Gasteiger partial charge is 0.508 e. The Morgan fingerprint density at radius 2 is 2.06 bits per heavy atom. The molecule has 0 aliphatic carbocycles. The van der Waals surface area contributed by atoms with Crippen molar-refractivity contribution in [3.8, 4) is 17.1 Å². The average molecular weight is 436 g/mol. The van der Waals surface area contributed by atoms with E-state index >= 15 is 0 Å². The Morgan fingerprint density at radius 1 is 1.31 bits per heavy atom. The van der Waals surface area contributed by atoms with Crippen molar-refractivity contribution in [2.45, 2.75) is 46.1 Å². The molecule has 2 aromatic heterocycles. The van der Waals surface area contributed by atoms with E-state index in [4.69, 9.17) is 9.72 Å². The van der Waals surface area contributed by atoms with E-state index in [1.165, 1.54) is 0 Å². The van der Waals surface area contributed by atoms with Crippen LogP contribution in [0.3, 0.4) is 0 Å². The zero-order valence-corrected chi connectivity index (χ0v) is 17.9. The van der Waals surface area contributed by atoms with E-state index in [2.05, 4.69) is 6.58 Å². The van der Waals surface area contributed by atoms with Crippen LogP contribution in [0.15, 0.2) is 41.4 Å². The molecule has 0 radical (unpaired) electrons. The van der Waals surface area contributed by atoms with Crippen molar-refractivity contribution in [3.05, 3.63) is 69.2 Å². The number of fused-ring (bicyclic) bond motifs is 5. The zero-order chi connectivity index (χ0) is 22.1. The fourth-order valence-corrected chi connectivity index (χ4v) is 4.70. The van der Waals surface area contributed by atoms with Crippen LogP contribution in [0.25, 0.3) is 22.3 Å². The summed E-state index contributed by atoms with van der Waals surface area (Å²) in [6.45, 7) is 6.77. The van der Waals surface area contributed by atoms with Crippen LogP contribution >= 0.6 is 0 Å². The van der Waals surface area contributed by atoms with Gasteiger partial charge < -0.3 is 24.4 Å². The van der Waals surface area contributed by atoms with E-state index in [1.54, 1.807) is 16.7 Å². The molecule has 2 aliphatic heterocycles. The van der Waals surface area contributed by atoms with E-state index in [9.17, 15) is 15.0 Å². The Bertz CT molecular complexity index is 1330. The number of phenolic OH excluding ortho intramolecular Hbond substituents is 1. The quantitative estimate of drug-likeness (QED) is 0.512. The molecular formula is C25H29N3O4. The molecule has 2 N–H and O–H groups in total. The molecule has 0 spiro atoms. The van der Waals surface area contributed by atoms with Crippen molar-refractivity contribution < 1.29 is 14.9 Å². The van der Waals surface area contributed by atoms with Gasteiger partial charge in [-0.25, -0.2) is 4.98 Å². The summed E-state index contributed by atoms with van der Waals surface area (Å²) in [6, 6.07) is 7.33. The van der Waals surface area contributed by atoms with Gasteiger partial charge in [0.1, 0.15) is 23.7 Å². The smallest absolute Gasteiger partial charge is 0.258 e. The predicted octanol–water partition coefficient (Wildman–Crippen LogP) is 3.47. The third kappa shape index (κ3) is 2.96.